The maximum atomic E-state index is 9.12. The van der Waals surface area contributed by atoms with Crippen molar-refractivity contribution >= 4 is 7.12 Å². The van der Waals surface area contributed by atoms with Crippen molar-refractivity contribution in [3.8, 4) is 0 Å². The van der Waals surface area contributed by atoms with E-state index in [1.165, 1.54) is 32.1 Å². The maximum absolute atomic E-state index is 9.12. The van der Waals surface area contributed by atoms with Gasteiger partial charge in [-0.15, -0.1) is 0 Å². The first-order valence-corrected chi connectivity index (χ1v) is 5.63. The summed E-state index contributed by atoms with van der Waals surface area (Å²) in [5, 5.41) is 18.2. The molecule has 0 radical (unpaired) electrons. The lowest BCUT2D eigenvalue weighted by Crippen LogP contribution is -2.32. The second kappa shape index (κ2) is 4.01. The van der Waals surface area contributed by atoms with Gasteiger partial charge in [-0.25, -0.2) is 0 Å². The molecule has 0 aromatic heterocycles. The Morgan fingerprint density at radius 1 is 0.846 bits per heavy atom. The predicted molar refractivity (Wildman–Crippen MR) is 53.2 cm³/mol. The second-order valence-electron chi connectivity index (χ2n) is 4.79. The Morgan fingerprint density at radius 3 is 2.23 bits per heavy atom. The van der Waals surface area contributed by atoms with Crippen LogP contribution < -0.4 is 0 Å². The van der Waals surface area contributed by atoms with E-state index in [1.54, 1.807) is 0 Å². The van der Waals surface area contributed by atoms with Crippen molar-refractivity contribution in [2.75, 3.05) is 0 Å². The highest BCUT2D eigenvalue weighted by Crippen LogP contribution is 2.45. The van der Waals surface area contributed by atoms with E-state index in [0.29, 0.717) is 0 Å². The van der Waals surface area contributed by atoms with Gasteiger partial charge in [-0.3, -0.25) is 0 Å². The smallest absolute Gasteiger partial charge is 0.427 e. The summed E-state index contributed by atoms with van der Waals surface area (Å²) >= 11 is 0. The minimum atomic E-state index is -1.07. The molecule has 2 aliphatic carbocycles. The van der Waals surface area contributed by atoms with Gasteiger partial charge in [0, 0.05) is 0 Å². The van der Waals surface area contributed by atoms with Crippen molar-refractivity contribution in [2.45, 2.75) is 50.8 Å². The third kappa shape index (κ3) is 2.08. The van der Waals surface area contributed by atoms with Gasteiger partial charge in [0.1, 0.15) is 0 Å². The van der Waals surface area contributed by atoms with Gasteiger partial charge in [-0.1, -0.05) is 38.5 Å². The molecule has 2 saturated carbocycles. The van der Waals surface area contributed by atoms with Gasteiger partial charge in [0.15, 0.2) is 0 Å². The zero-order valence-electron chi connectivity index (χ0n) is 8.15. The highest BCUT2D eigenvalue weighted by atomic mass is 16.4. The summed E-state index contributed by atoms with van der Waals surface area (Å²) < 4.78 is 0. The second-order valence-corrected chi connectivity index (χ2v) is 4.79. The van der Waals surface area contributed by atoms with E-state index in [-0.39, 0.29) is 5.82 Å². The zero-order valence-corrected chi connectivity index (χ0v) is 8.15. The van der Waals surface area contributed by atoms with Crippen molar-refractivity contribution in [1.29, 1.82) is 0 Å². The van der Waals surface area contributed by atoms with Gasteiger partial charge in [0.2, 0.25) is 0 Å². The minimum Gasteiger partial charge on any atom is -0.427 e. The fourth-order valence-corrected chi connectivity index (χ4v) is 3.18. The van der Waals surface area contributed by atoms with Crippen LogP contribution in [0.5, 0.6) is 0 Å². The van der Waals surface area contributed by atoms with E-state index < -0.39 is 7.12 Å². The van der Waals surface area contributed by atoms with E-state index in [2.05, 4.69) is 0 Å². The van der Waals surface area contributed by atoms with Crippen molar-refractivity contribution in [3.05, 3.63) is 0 Å². The summed E-state index contributed by atoms with van der Waals surface area (Å²) in [5.41, 5.74) is 0. The van der Waals surface area contributed by atoms with Gasteiger partial charge in [-0.05, 0) is 24.1 Å². The van der Waals surface area contributed by atoms with Gasteiger partial charge in [0.25, 0.3) is 0 Å². The van der Waals surface area contributed by atoms with E-state index in [0.717, 1.165) is 24.7 Å². The molecule has 0 bridgehead atoms. The first kappa shape index (κ1) is 9.54. The molecule has 13 heavy (non-hydrogen) atoms. The molecule has 0 aliphatic heterocycles. The topological polar surface area (TPSA) is 40.5 Å². The summed E-state index contributed by atoms with van der Waals surface area (Å²) in [6.45, 7) is 0. The number of rotatable bonds is 1. The largest absolute Gasteiger partial charge is 0.454 e. The summed E-state index contributed by atoms with van der Waals surface area (Å²) in [6.07, 6.45) is 8.78. The predicted octanol–water partition coefficient (Wildman–Crippen LogP) is 1.82. The van der Waals surface area contributed by atoms with Crippen LogP contribution in [-0.4, -0.2) is 17.2 Å². The molecule has 2 nitrogen and oxygen atoms in total. The Balaban J connectivity index is 1.91. The fourth-order valence-electron chi connectivity index (χ4n) is 3.18. The molecule has 2 N–H and O–H groups in total. The Bertz CT molecular complexity index is 172. The molecule has 3 heteroatoms. The lowest BCUT2D eigenvalue weighted by atomic mass is 9.57. The maximum Gasteiger partial charge on any atom is 0.454 e. The summed E-state index contributed by atoms with van der Waals surface area (Å²) in [6, 6.07) is 0. The van der Waals surface area contributed by atoms with Gasteiger partial charge in [-0.2, -0.15) is 0 Å². The van der Waals surface area contributed by atoms with Crippen LogP contribution in [0.25, 0.3) is 0 Å². The summed E-state index contributed by atoms with van der Waals surface area (Å²) in [4.78, 5) is 0. The molecule has 2 fully saturated rings. The monoisotopic (exact) mass is 182 g/mol. The molecular weight excluding hydrogens is 163 g/mol. The van der Waals surface area contributed by atoms with Gasteiger partial charge < -0.3 is 10.0 Å². The molecule has 0 spiro atoms. The molecule has 0 saturated heterocycles. The van der Waals surface area contributed by atoms with Crippen molar-refractivity contribution < 1.29 is 10.0 Å². The molecular formula is C10H19BO2. The standard InChI is InChI=1S/C10H19BO2/c12-11(13)10-6-5-8-3-1-2-4-9(8)7-10/h8-10,12-13H,1-7H2. The third-order valence-electron chi connectivity index (χ3n) is 4.00. The van der Waals surface area contributed by atoms with E-state index >= 15 is 0 Å². The highest BCUT2D eigenvalue weighted by Gasteiger charge is 2.36. The Labute approximate surface area is 80.5 Å². The number of hydrogen-bond acceptors (Lipinski definition) is 2. The van der Waals surface area contributed by atoms with Crippen LogP contribution in [0.1, 0.15) is 44.9 Å². The van der Waals surface area contributed by atoms with Crippen molar-refractivity contribution in [3.63, 3.8) is 0 Å². The van der Waals surface area contributed by atoms with Crippen molar-refractivity contribution in [2.24, 2.45) is 11.8 Å². The molecule has 74 valence electrons. The highest BCUT2D eigenvalue weighted by molar-refractivity contribution is 6.43. The minimum absolute atomic E-state index is 0.166. The molecule has 0 aromatic rings. The molecule has 0 aromatic carbocycles. The SMILES string of the molecule is OB(O)C1CCC2CCCCC2C1. The average Bonchev–Trinajstić information content (AvgIpc) is 2.17. The van der Waals surface area contributed by atoms with Crippen LogP contribution in [-0.2, 0) is 0 Å². The lowest BCUT2D eigenvalue weighted by Gasteiger charge is -2.39. The first-order chi connectivity index (χ1) is 6.27. The van der Waals surface area contributed by atoms with Crippen LogP contribution in [0.3, 0.4) is 0 Å². The Hall–Kier alpha value is -0.0151. The molecule has 0 amide bonds. The van der Waals surface area contributed by atoms with Crippen LogP contribution in [0, 0.1) is 11.8 Å². The van der Waals surface area contributed by atoms with Crippen LogP contribution in [0.4, 0.5) is 0 Å². The third-order valence-corrected chi connectivity index (χ3v) is 4.00. The lowest BCUT2D eigenvalue weighted by molar-refractivity contribution is 0.160. The summed E-state index contributed by atoms with van der Waals surface area (Å²) in [7, 11) is -1.07. The van der Waals surface area contributed by atoms with E-state index in [4.69, 9.17) is 10.0 Å². The molecule has 0 heterocycles. The molecule has 2 aliphatic rings. The zero-order chi connectivity index (χ0) is 9.26. The van der Waals surface area contributed by atoms with E-state index in [9.17, 15) is 0 Å². The van der Waals surface area contributed by atoms with Crippen LogP contribution >= 0.6 is 0 Å². The average molecular weight is 182 g/mol. The summed E-state index contributed by atoms with van der Waals surface area (Å²) in [5.74, 6) is 1.87. The molecule has 3 unspecified atom stereocenters. The van der Waals surface area contributed by atoms with Crippen molar-refractivity contribution in [1.82, 2.24) is 0 Å². The Kier molecular flexibility index (Phi) is 2.94. The van der Waals surface area contributed by atoms with Gasteiger partial charge in [0.05, 0.1) is 0 Å². The molecule has 3 atom stereocenters. The number of hydrogen-bond donors (Lipinski definition) is 2. The molecule has 2 rings (SSSR count). The van der Waals surface area contributed by atoms with E-state index in [1.807, 2.05) is 0 Å². The first-order valence-electron chi connectivity index (χ1n) is 5.63. The normalized spacial score (nSPS) is 39.7. The van der Waals surface area contributed by atoms with Crippen LogP contribution in [0.2, 0.25) is 5.82 Å². The fraction of sp³-hybridized carbons (Fsp3) is 1.00. The van der Waals surface area contributed by atoms with Crippen LogP contribution in [0.15, 0.2) is 0 Å². The Morgan fingerprint density at radius 2 is 1.54 bits per heavy atom. The quantitative estimate of drug-likeness (QED) is 0.607. The van der Waals surface area contributed by atoms with Gasteiger partial charge >= 0.3 is 7.12 Å². The number of fused-ring (bicyclic) bond motifs is 1.